The summed E-state index contributed by atoms with van der Waals surface area (Å²) in [6.07, 6.45) is 4.08. The number of hydrogen-bond donors (Lipinski definition) is 3. The Morgan fingerprint density at radius 1 is 1.12 bits per heavy atom. The van der Waals surface area contributed by atoms with E-state index in [1.807, 2.05) is 6.07 Å². The minimum atomic E-state index is -0.753. The number of carbonyl (C=O) groups is 3. The van der Waals surface area contributed by atoms with Crippen LogP contribution in [0.2, 0.25) is 0 Å². The maximum atomic E-state index is 13.1. The molecule has 1 saturated heterocycles. The summed E-state index contributed by atoms with van der Waals surface area (Å²) in [7, 11) is 0. The van der Waals surface area contributed by atoms with Crippen molar-refractivity contribution < 1.29 is 19.1 Å². The lowest BCUT2D eigenvalue weighted by Crippen LogP contribution is -2.46. The van der Waals surface area contributed by atoms with Gasteiger partial charge in [0.25, 0.3) is 0 Å². The van der Waals surface area contributed by atoms with Crippen molar-refractivity contribution in [2.75, 3.05) is 22.9 Å². The monoisotopic (exact) mass is 468 g/mol. The number of likely N-dealkylation sites (tertiary alicyclic amines) is 1. The number of nitrogens with two attached hydrogens (primary N) is 1. The standard InChI is InChI=1S/C24H32N6O4/c1-14-6-8-18(16-7-9-19(25)26-11-16)30(13-14)22(32)21(31)28-17-10-15(2)20(27-12-17)29-23(33)34-24(3,4)5/h7,9-12,14,18H,6,8,13H2,1-5H3,(H2,25,26)(H,28,31)(H,27,29,33)/t14-,18+/m1/s1. The fourth-order valence-corrected chi connectivity index (χ4v) is 3.83. The molecular formula is C24H32N6O4. The van der Waals surface area contributed by atoms with Gasteiger partial charge in [-0.05, 0) is 69.7 Å². The highest BCUT2D eigenvalue weighted by Crippen LogP contribution is 2.33. The molecule has 0 spiro atoms. The second kappa shape index (κ2) is 10.1. The third-order valence-corrected chi connectivity index (χ3v) is 5.42. The summed E-state index contributed by atoms with van der Waals surface area (Å²) in [5.74, 6) is -0.397. The Kier molecular flexibility index (Phi) is 7.38. The third-order valence-electron chi connectivity index (χ3n) is 5.42. The van der Waals surface area contributed by atoms with Crippen molar-refractivity contribution in [3.63, 3.8) is 0 Å². The smallest absolute Gasteiger partial charge is 0.413 e. The number of pyridine rings is 2. The molecule has 3 rings (SSSR count). The molecule has 182 valence electrons. The van der Waals surface area contributed by atoms with Crippen LogP contribution in [0.4, 0.5) is 22.1 Å². The van der Waals surface area contributed by atoms with Crippen LogP contribution in [0.15, 0.2) is 30.6 Å². The van der Waals surface area contributed by atoms with Gasteiger partial charge in [-0.15, -0.1) is 0 Å². The first kappa shape index (κ1) is 24.9. The summed E-state index contributed by atoms with van der Waals surface area (Å²) >= 11 is 0. The summed E-state index contributed by atoms with van der Waals surface area (Å²) in [5, 5.41) is 5.20. The number of aryl methyl sites for hydroxylation is 1. The number of nitrogen functional groups attached to an aromatic ring is 1. The van der Waals surface area contributed by atoms with E-state index in [1.165, 1.54) is 6.20 Å². The topological polar surface area (TPSA) is 140 Å². The van der Waals surface area contributed by atoms with E-state index in [0.29, 0.717) is 29.4 Å². The fraction of sp³-hybridized carbons (Fsp3) is 0.458. The first-order valence-electron chi connectivity index (χ1n) is 11.2. The van der Waals surface area contributed by atoms with Gasteiger partial charge in [0.05, 0.1) is 17.9 Å². The quantitative estimate of drug-likeness (QED) is 0.584. The summed E-state index contributed by atoms with van der Waals surface area (Å²) in [6.45, 7) is 9.55. The molecule has 2 atom stereocenters. The van der Waals surface area contributed by atoms with Crippen LogP contribution < -0.4 is 16.4 Å². The normalized spacial score (nSPS) is 18.2. The molecule has 34 heavy (non-hydrogen) atoms. The predicted molar refractivity (Wildman–Crippen MR) is 129 cm³/mol. The molecule has 3 heterocycles. The van der Waals surface area contributed by atoms with Gasteiger partial charge in [-0.3, -0.25) is 14.9 Å². The van der Waals surface area contributed by atoms with Gasteiger partial charge in [0, 0.05) is 12.7 Å². The van der Waals surface area contributed by atoms with E-state index in [2.05, 4.69) is 27.5 Å². The van der Waals surface area contributed by atoms with E-state index in [4.69, 9.17) is 10.5 Å². The predicted octanol–water partition coefficient (Wildman–Crippen LogP) is 3.65. The Morgan fingerprint density at radius 3 is 2.47 bits per heavy atom. The number of nitrogens with zero attached hydrogens (tertiary/aromatic N) is 3. The SMILES string of the molecule is Cc1cc(NC(=O)C(=O)N2C[C@H](C)CC[C@H]2c2ccc(N)nc2)cnc1NC(=O)OC(C)(C)C. The van der Waals surface area contributed by atoms with Crippen LogP contribution in [0.1, 0.15) is 57.7 Å². The Hall–Kier alpha value is -3.69. The van der Waals surface area contributed by atoms with E-state index in [0.717, 1.165) is 18.4 Å². The molecule has 0 aromatic carbocycles. The fourth-order valence-electron chi connectivity index (χ4n) is 3.83. The molecule has 10 heteroatoms. The first-order chi connectivity index (χ1) is 15.9. The first-order valence-corrected chi connectivity index (χ1v) is 11.2. The lowest BCUT2D eigenvalue weighted by atomic mass is 9.90. The Bertz CT molecular complexity index is 1060. The van der Waals surface area contributed by atoms with Crippen molar-refractivity contribution in [3.8, 4) is 0 Å². The maximum Gasteiger partial charge on any atom is 0.413 e. The van der Waals surface area contributed by atoms with Crippen LogP contribution in [0.25, 0.3) is 0 Å². The number of ether oxygens (including phenoxy) is 1. The van der Waals surface area contributed by atoms with Gasteiger partial charge in [0.1, 0.15) is 17.2 Å². The zero-order valence-corrected chi connectivity index (χ0v) is 20.2. The Labute approximate surface area is 199 Å². The lowest BCUT2D eigenvalue weighted by molar-refractivity contribution is -0.146. The van der Waals surface area contributed by atoms with Crippen molar-refractivity contribution in [2.45, 2.75) is 59.1 Å². The minimum absolute atomic E-state index is 0.247. The van der Waals surface area contributed by atoms with E-state index in [-0.39, 0.29) is 12.0 Å². The molecular weight excluding hydrogens is 436 g/mol. The molecule has 0 radical (unpaired) electrons. The molecule has 0 bridgehead atoms. The van der Waals surface area contributed by atoms with Crippen LogP contribution in [0.5, 0.6) is 0 Å². The second-order valence-electron chi connectivity index (χ2n) is 9.64. The number of nitrogens with one attached hydrogen (secondary N) is 2. The van der Waals surface area contributed by atoms with Gasteiger partial charge in [-0.1, -0.05) is 13.0 Å². The van der Waals surface area contributed by atoms with Gasteiger partial charge in [-0.25, -0.2) is 14.8 Å². The molecule has 4 N–H and O–H groups in total. The number of carbonyl (C=O) groups excluding carboxylic acids is 3. The van der Waals surface area contributed by atoms with Crippen LogP contribution in [-0.2, 0) is 14.3 Å². The third kappa shape index (κ3) is 6.43. The molecule has 0 aliphatic carbocycles. The largest absolute Gasteiger partial charge is 0.444 e. The molecule has 0 saturated carbocycles. The zero-order chi connectivity index (χ0) is 25.0. The van der Waals surface area contributed by atoms with Gasteiger partial charge in [-0.2, -0.15) is 0 Å². The summed E-state index contributed by atoms with van der Waals surface area (Å²) in [4.78, 5) is 47.8. The Balaban J connectivity index is 1.70. The van der Waals surface area contributed by atoms with E-state index in [9.17, 15) is 14.4 Å². The summed E-state index contributed by atoms with van der Waals surface area (Å²) in [5.41, 5.74) is 6.85. The van der Waals surface area contributed by atoms with Gasteiger partial charge in [0.2, 0.25) is 0 Å². The Morgan fingerprint density at radius 2 is 1.85 bits per heavy atom. The average Bonchev–Trinajstić information content (AvgIpc) is 2.74. The number of anilines is 3. The molecule has 3 amide bonds. The number of rotatable bonds is 3. The number of hydrogen-bond acceptors (Lipinski definition) is 7. The average molecular weight is 469 g/mol. The van der Waals surface area contributed by atoms with Crippen molar-refractivity contribution in [1.82, 2.24) is 14.9 Å². The lowest BCUT2D eigenvalue weighted by Gasteiger charge is -2.38. The number of amides is 3. The summed E-state index contributed by atoms with van der Waals surface area (Å²) in [6, 6.07) is 4.91. The second-order valence-corrected chi connectivity index (χ2v) is 9.64. The molecule has 2 aromatic rings. The highest BCUT2D eigenvalue weighted by molar-refractivity contribution is 6.39. The highest BCUT2D eigenvalue weighted by Gasteiger charge is 2.34. The van der Waals surface area contributed by atoms with Crippen LogP contribution >= 0.6 is 0 Å². The molecule has 1 aliphatic heterocycles. The number of piperidine rings is 1. The van der Waals surface area contributed by atoms with E-state index < -0.39 is 23.5 Å². The van der Waals surface area contributed by atoms with Gasteiger partial charge in [0.15, 0.2) is 0 Å². The maximum absolute atomic E-state index is 13.1. The van der Waals surface area contributed by atoms with E-state index in [1.54, 1.807) is 50.9 Å². The van der Waals surface area contributed by atoms with Crippen molar-refractivity contribution >= 4 is 35.2 Å². The zero-order valence-electron chi connectivity index (χ0n) is 20.2. The van der Waals surface area contributed by atoms with Gasteiger partial charge >= 0.3 is 17.9 Å². The van der Waals surface area contributed by atoms with Crippen LogP contribution in [0, 0.1) is 12.8 Å². The molecule has 0 unspecified atom stereocenters. The highest BCUT2D eigenvalue weighted by atomic mass is 16.6. The number of aromatic nitrogens is 2. The van der Waals surface area contributed by atoms with Gasteiger partial charge < -0.3 is 20.7 Å². The molecule has 10 nitrogen and oxygen atoms in total. The van der Waals surface area contributed by atoms with Crippen molar-refractivity contribution in [3.05, 3.63) is 41.7 Å². The molecule has 1 fully saturated rings. The van der Waals surface area contributed by atoms with Crippen LogP contribution in [-0.4, -0.2) is 44.9 Å². The minimum Gasteiger partial charge on any atom is -0.444 e. The summed E-state index contributed by atoms with van der Waals surface area (Å²) < 4.78 is 5.23. The van der Waals surface area contributed by atoms with Crippen LogP contribution in [0.3, 0.4) is 0 Å². The molecule has 2 aromatic heterocycles. The van der Waals surface area contributed by atoms with E-state index >= 15 is 0 Å². The van der Waals surface area contributed by atoms with Crippen molar-refractivity contribution in [2.24, 2.45) is 5.92 Å². The van der Waals surface area contributed by atoms with Crippen molar-refractivity contribution in [1.29, 1.82) is 0 Å². The molecule has 1 aliphatic rings.